The summed E-state index contributed by atoms with van der Waals surface area (Å²) in [5.41, 5.74) is 8.56. The molecule has 0 fully saturated rings. The van der Waals surface area contributed by atoms with E-state index in [2.05, 4.69) is 4.98 Å². The molecule has 1 aromatic carbocycles. The molecule has 0 spiro atoms. The second-order valence-corrected chi connectivity index (χ2v) is 5.06. The molecule has 0 saturated carbocycles. The van der Waals surface area contributed by atoms with Crippen LogP contribution in [0.1, 0.15) is 22.5 Å². The van der Waals surface area contributed by atoms with E-state index < -0.39 is 5.82 Å². The Hall–Kier alpha value is -2.01. The molecule has 20 heavy (non-hydrogen) atoms. The van der Waals surface area contributed by atoms with Crippen LogP contribution in [0, 0.1) is 26.6 Å². The lowest BCUT2D eigenvalue weighted by molar-refractivity contribution is 0.440. The van der Waals surface area contributed by atoms with Gasteiger partial charge in [-0.25, -0.2) is 4.39 Å². The van der Waals surface area contributed by atoms with E-state index >= 15 is 0 Å². The number of nitrogens with two attached hydrogens (primary N) is 1. The van der Waals surface area contributed by atoms with E-state index in [1.165, 1.54) is 6.07 Å². The molecule has 0 amide bonds. The molecule has 0 saturated heterocycles. The standard InChI is InChI=1S/C15H15FN2OS/c1-8-4-5-11(16)12(6-8)19-13-7-9(2)18-10(3)14(13)15(17)20/h4-7H,1-3H3,(H2,17,20). The van der Waals surface area contributed by atoms with Gasteiger partial charge in [0.2, 0.25) is 0 Å². The highest BCUT2D eigenvalue weighted by molar-refractivity contribution is 7.80. The molecule has 2 N–H and O–H groups in total. The van der Waals surface area contributed by atoms with Crippen molar-refractivity contribution >= 4 is 17.2 Å². The van der Waals surface area contributed by atoms with Crippen LogP contribution in [-0.4, -0.2) is 9.97 Å². The fraction of sp³-hybridized carbons (Fsp3) is 0.200. The van der Waals surface area contributed by atoms with Crippen LogP contribution in [0.2, 0.25) is 0 Å². The number of pyridine rings is 1. The number of hydrogen-bond donors (Lipinski definition) is 1. The minimum Gasteiger partial charge on any atom is -0.453 e. The Morgan fingerprint density at radius 3 is 2.55 bits per heavy atom. The number of benzene rings is 1. The molecule has 0 aliphatic carbocycles. The van der Waals surface area contributed by atoms with E-state index in [9.17, 15) is 4.39 Å². The lowest BCUT2D eigenvalue weighted by Crippen LogP contribution is -2.14. The highest BCUT2D eigenvalue weighted by Gasteiger charge is 2.15. The number of nitrogens with zero attached hydrogens (tertiary/aromatic N) is 1. The second kappa shape index (κ2) is 5.54. The monoisotopic (exact) mass is 290 g/mol. The molecule has 0 unspecified atom stereocenters. The number of thiocarbonyl (C=S) groups is 1. The first-order valence-corrected chi connectivity index (χ1v) is 6.51. The number of aromatic nitrogens is 1. The molecule has 2 rings (SSSR count). The average molecular weight is 290 g/mol. The average Bonchev–Trinajstić information content (AvgIpc) is 2.32. The van der Waals surface area contributed by atoms with Crippen LogP contribution >= 0.6 is 12.2 Å². The maximum Gasteiger partial charge on any atom is 0.165 e. The van der Waals surface area contributed by atoms with Crippen LogP contribution in [0.25, 0.3) is 0 Å². The van der Waals surface area contributed by atoms with Gasteiger partial charge in [-0.3, -0.25) is 4.98 Å². The molecular formula is C15H15FN2OS. The molecule has 2 aromatic rings. The number of halogens is 1. The van der Waals surface area contributed by atoms with Gasteiger partial charge in [-0.1, -0.05) is 18.3 Å². The van der Waals surface area contributed by atoms with Crippen molar-refractivity contribution in [3.63, 3.8) is 0 Å². The van der Waals surface area contributed by atoms with Crippen LogP contribution in [0.4, 0.5) is 4.39 Å². The van der Waals surface area contributed by atoms with Crippen molar-refractivity contribution < 1.29 is 9.13 Å². The van der Waals surface area contributed by atoms with Crippen molar-refractivity contribution in [2.24, 2.45) is 5.73 Å². The van der Waals surface area contributed by atoms with E-state index in [4.69, 9.17) is 22.7 Å². The third kappa shape index (κ3) is 2.93. The Kier molecular flexibility index (Phi) is 3.99. The molecular weight excluding hydrogens is 275 g/mol. The van der Waals surface area contributed by atoms with Gasteiger partial charge in [-0.15, -0.1) is 0 Å². The van der Waals surface area contributed by atoms with Gasteiger partial charge in [0, 0.05) is 11.8 Å². The molecule has 0 atom stereocenters. The van der Waals surface area contributed by atoms with E-state index in [1.807, 2.05) is 13.8 Å². The van der Waals surface area contributed by atoms with Gasteiger partial charge in [-0.2, -0.15) is 0 Å². The molecule has 0 bridgehead atoms. The van der Waals surface area contributed by atoms with Crippen molar-refractivity contribution in [1.82, 2.24) is 4.98 Å². The van der Waals surface area contributed by atoms with Crippen molar-refractivity contribution in [2.75, 3.05) is 0 Å². The summed E-state index contributed by atoms with van der Waals surface area (Å²) in [6.45, 7) is 5.49. The van der Waals surface area contributed by atoms with Gasteiger partial charge in [0.1, 0.15) is 10.7 Å². The summed E-state index contributed by atoms with van der Waals surface area (Å²) in [5, 5.41) is 0. The van der Waals surface area contributed by atoms with Gasteiger partial charge in [0.05, 0.1) is 11.3 Å². The molecule has 3 nitrogen and oxygen atoms in total. The molecule has 5 heteroatoms. The van der Waals surface area contributed by atoms with Crippen LogP contribution in [0.3, 0.4) is 0 Å². The SMILES string of the molecule is Cc1ccc(F)c(Oc2cc(C)nc(C)c2C(N)=S)c1. The Labute approximate surface area is 122 Å². The molecule has 1 heterocycles. The highest BCUT2D eigenvalue weighted by Crippen LogP contribution is 2.30. The molecule has 0 aliphatic rings. The fourth-order valence-electron chi connectivity index (χ4n) is 1.98. The predicted octanol–water partition coefficient (Wildman–Crippen LogP) is 3.57. The highest BCUT2D eigenvalue weighted by atomic mass is 32.1. The zero-order valence-corrected chi connectivity index (χ0v) is 12.3. The third-order valence-corrected chi connectivity index (χ3v) is 3.05. The van der Waals surface area contributed by atoms with Crippen molar-refractivity contribution in [3.8, 4) is 11.5 Å². The Morgan fingerprint density at radius 2 is 1.90 bits per heavy atom. The van der Waals surface area contributed by atoms with Crippen molar-refractivity contribution in [2.45, 2.75) is 20.8 Å². The van der Waals surface area contributed by atoms with Gasteiger partial charge in [0.15, 0.2) is 11.6 Å². The smallest absolute Gasteiger partial charge is 0.165 e. The summed E-state index contributed by atoms with van der Waals surface area (Å²) in [5.74, 6) is 0.135. The second-order valence-electron chi connectivity index (χ2n) is 4.62. The van der Waals surface area contributed by atoms with E-state index in [1.54, 1.807) is 25.1 Å². The maximum absolute atomic E-state index is 13.8. The predicted molar refractivity (Wildman–Crippen MR) is 80.8 cm³/mol. The van der Waals surface area contributed by atoms with Gasteiger partial charge in [-0.05, 0) is 38.5 Å². The number of rotatable bonds is 3. The normalized spacial score (nSPS) is 10.4. The zero-order valence-electron chi connectivity index (χ0n) is 11.5. The fourth-order valence-corrected chi connectivity index (χ4v) is 2.23. The van der Waals surface area contributed by atoms with Gasteiger partial charge in [0.25, 0.3) is 0 Å². The minimum atomic E-state index is -0.434. The molecule has 104 valence electrons. The summed E-state index contributed by atoms with van der Waals surface area (Å²) < 4.78 is 19.4. The summed E-state index contributed by atoms with van der Waals surface area (Å²) >= 11 is 5.02. The maximum atomic E-state index is 13.8. The number of ether oxygens (including phenoxy) is 1. The van der Waals surface area contributed by atoms with E-state index in [0.29, 0.717) is 17.0 Å². The summed E-state index contributed by atoms with van der Waals surface area (Å²) in [4.78, 5) is 4.47. The number of hydrogen-bond acceptors (Lipinski definition) is 3. The van der Waals surface area contributed by atoms with E-state index in [0.717, 1.165) is 11.3 Å². The Bertz CT molecular complexity index is 686. The lowest BCUT2D eigenvalue weighted by Gasteiger charge is -2.14. The molecule has 0 aliphatic heterocycles. The van der Waals surface area contributed by atoms with Gasteiger partial charge < -0.3 is 10.5 Å². The molecule has 1 aromatic heterocycles. The van der Waals surface area contributed by atoms with Crippen LogP contribution in [-0.2, 0) is 0 Å². The first kappa shape index (κ1) is 14.4. The van der Waals surface area contributed by atoms with Gasteiger partial charge >= 0.3 is 0 Å². The van der Waals surface area contributed by atoms with Crippen molar-refractivity contribution in [3.05, 3.63) is 52.6 Å². The molecule has 0 radical (unpaired) electrons. The number of aryl methyl sites for hydroxylation is 3. The summed E-state index contributed by atoms with van der Waals surface area (Å²) in [7, 11) is 0. The largest absolute Gasteiger partial charge is 0.453 e. The quantitative estimate of drug-likeness (QED) is 0.878. The minimum absolute atomic E-state index is 0.146. The first-order chi connectivity index (χ1) is 9.38. The summed E-state index contributed by atoms with van der Waals surface area (Å²) in [6.07, 6.45) is 0. The van der Waals surface area contributed by atoms with E-state index in [-0.39, 0.29) is 10.7 Å². The Balaban J connectivity index is 2.53. The topological polar surface area (TPSA) is 48.1 Å². The van der Waals surface area contributed by atoms with Crippen LogP contribution < -0.4 is 10.5 Å². The third-order valence-electron chi connectivity index (χ3n) is 2.85. The summed E-state index contributed by atoms with van der Waals surface area (Å²) in [6, 6.07) is 6.37. The Morgan fingerprint density at radius 1 is 1.20 bits per heavy atom. The van der Waals surface area contributed by atoms with Crippen LogP contribution in [0.15, 0.2) is 24.3 Å². The van der Waals surface area contributed by atoms with Crippen molar-refractivity contribution in [1.29, 1.82) is 0 Å². The van der Waals surface area contributed by atoms with Crippen LogP contribution in [0.5, 0.6) is 11.5 Å². The zero-order chi connectivity index (χ0) is 14.9. The first-order valence-electron chi connectivity index (χ1n) is 6.10. The lowest BCUT2D eigenvalue weighted by atomic mass is 10.1.